The molecule has 0 aromatic heterocycles. The molecule has 1 amide bonds. The number of carbonyl (C=O) groups excluding carboxylic acids is 1. The van der Waals surface area contributed by atoms with Crippen molar-refractivity contribution in [3.8, 4) is 0 Å². The van der Waals surface area contributed by atoms with Crippen molar-refractivity contribution in [2.24, 2.45) is 5.73 Å². The predicted molar refractivity (Wildman–Crippen MR) is 63.1 cm³/mol. The highest BCUT2D eigenvalue weighted by Crippen LogP contribution is 2.30. The number of hydrogen-bond donors (Lipinski definition) is 1. The number of nitrogens with zero attached hydrogens (tertiary/aromatic N) is 2. The SMILES string of the molecule is NC1CC(=O)N(c2ccc([N+](=O)[O-])c(Cl)c2)C1. The van der Waals surface area contributed by atoms with Gasteiger partial charge < -0.3 is 10.6 Å². The number of anilines is 1. The lowest BCUT2D eigenvalue weighted by atomic mass is 10.2. The lowest BCUT2D eigenvalue weighted by Gasteiger charge is -2.16. The fourth-order valence-corrected chi connectivity index (χ4v) is 2.04. The van der Waals surface area contributed by atoms with Gasteiger partial charge in [0.05, 0.1) is 4.92 Å². The van der Waals surface area contributed by atoms with Crippen molar-refractivity contribution < 1.29 is 9.72 Å². The van der Waals surface area contributed by atoms with E-state index in [1.54, 1.807) is 0 Å². The smallest absolute Gasteiger partial charge is 0.288 e. The summed E-state index contributed by atoms with van der Waals surface area (Å²) >= 11 is 5.78. The van der Waals surface area contributed by atoms with Crippen LogP contribution in [0.2, 0.25) is 5.02 Å². The van der Waals surface area contributed by atoms with Crippen LogP contribution < -0.4 is 10.6 Å². The summed E-state index contributed by atoms with van der Waals surface area (Å²) in [4.78, 5) is 23.1. The molecule has 1 fully saturated rings. The number of carbonyl (C=O) groups is 1. The Morgan fingerprint density at radius 1 is 1.53 bits per heavy atom. The number of halogens is 1. The highest BCUT2D eigenvalue weighted by Gasteiger charge is 2.28. The molecular weight excluding hydrogens is 246 g/mol. The summed E-state index contributed by atoms with van der Waals surface area (Å²) in [5.41, 5.74) is 6.03. The van der Waals surface area contributed by atoms with Gasteiger partial charge in [-0.15, -0.1) is 0 Å². The second-order valence-electron chi connectivity index (χ2n) is 3.86. The highest BCUT2D eigenvalue weighted by atomic mass is 35.5. The molecular formula is C10H10ClN3O3. The number of rotatable bonds is 2. The molecule has 2 N–H and O–H groups in total. The topological polar surface area (TPSA) is 89.5 Å². The van der Waals surface area contributed by atoms with Crippen LogP contribution in [-0.2, 0) is 4.79 Å². The second kappa shape index (κ2) is 4.31. The molecule has 1 saturated heterocycles. The Balaban J connectivity index is 2.32. The van der Waals surface area contributed by atoms with Crippen molar-refractivity contribution in [1.82, 2.24) is 0 Å². The minimum Gasteiger partial charge on any atom is -0.326 e. The molecule has 0 radical (unpaired) electrons. The van der Waals surface area contributed by atoms with E-state index in [-0.39, 0.29) is 29.1 Å². The third kappa shape index (κ3) is 2.22. The lowest BCUT2D eigenvalue weighted by Crippen LogP contribution is -2.27. The monoisotopic (exact) mass is 255 g/mol. The minimum absolute atomic E-state index is 0.0146. The molecule has 2 rings (SSSR count). The van der Waals surface area contributed by atoms with Gasteiger partial charge in [0, 0.05) is 30.8 Å². The molecule has 0 bridgehead atoms. The van der Waals surface area contributed by atoms with E-state index in [9.17, 15) is 14.9 Å². The number of amides is 1. The maximum absolute atomic E-state index is 11.6. The average molecular weight is 256 g/mol. The molecule has 0 aliphatic carbocycles. The van der Waals surface area contributed by atoms with Crippen molar-refractivity contribution >= 4 is 28.9 Å². The van der Waals surface area contributed by atoms with Crippen molar-refractivity contribution in [3.05, 3.63) is 33.3 Å². The number of hydrogen-bond acceptors (Lipinski definition) is 4. The van der Waals surface area contributed by atoms with Gasteiger partial charge in [-0.3, -0.25) is 14.9 Å². The van der Waals surface area contributed by atoms with E-state index in [0.717, 1.165) is 0 Å². The minimum atomic E-state index is -0.566. The first-order valence-corrected chi connectivity index (χ1v) is 5.36. The third-order valence-electron chi connectivity index (χ3n) is 2.59. The van der Waals surface area contributed by atoms with Crippen LogP contribution in [0.15, 0.2) is 18.2 Å². The van der Waals surface area contributed by atoms with Gasteiger partial charge in [0.15, 0.2) is 0 Å². The summed E-state index contributed by atoms with van der Waals surface area (Å²) in [6, 6.07) is 4.00. The zero-order chi connectivity index (χ0) is 12.6. The van der Waals surface area contributed by atoms with Crippen molar-refractivity contribution in [2.45, 2.75) is 12.5 Å². The van der Waals surface area contributed by atoms with Crippen LogP contribution >= 0.6 is 11.6 Å². The Morgan fingerprint density at radius 2 is 2.24 bits per heavy atom. The standard InChI is InChI=1S/C10H10ClN3O3/c11-8-4-7(1-2-9(8)14(16)17)13-5-6(12)3-10(13)15/h1-2,4,6H,3,5,12H2. The first-order valence-electron chi connectivity index (χ1n) is 4.99. The van der Waals surface area contributed by atoms with E-state index in [0.29, 0.717) is 12.2 Å². The van der Waals surface area contributed by atoms with E-state index in [2.05, 4.69) is 0 Å². The molecule has 7 heteroatoms. The predicted octanol–water partition coefficient (Wildman–Crippen LogP) is 1.31. The van der Waals surface area contributed by atoms with Gasteiger partial charge in [-0.25, -0.2) is 0 Å². The summed E-state index contributed by atoms with van der Waals surface area (Å²) in [7, 11) is 0. The van der Waals surface area contributed by atoms with Gasteiger partial charge in [0.25, 0.3) is 5.69 Å². The Labute approximate surface area is 102 Å². The lowest BCUT2D eigenvalue weighted by molar-refractivity contribution is -0.384. The van der Waals surface area contributed by atoms with Crippen LogP contribution in [0.25, 0.3) is 0 Å². The number of nitro groups is 1. The Hall–Kier alpha value is -1.66. The van der Waals surface area contributed by atoms with Gasteiger partial charge in [-0.1, -0.05) is 11.6 Å². The summed E-state index contributed by atoms with van der Waals surface area (Å²) < 4.78 is 0. The van der Waals surface area contributed by atoms with Gasteiger partial charge in [-0.2, -0.15) is 0 Å². The Bertz CT molecular complexity index is 492. The van der Waals surface area contributed by atoms with E-state index in [1.165, 1.54) is 23.1 Å². The Kier molecular flexibility index (Phi) is 2.99. The van der Waals surface area contributed by atoms with E-state index in [4.69, 9.17) is 17.3 Å². The van der Waals surface area contributed by atoms with Crippen LogP contribution in [0.5, 0.6) is 0 Å². The van der Waals surface area contributed by atoms with E-state index in [1.807, 2.05) is 0 Å². The fraction of sp³-hybridized carbons (Fsp3) is 0.300. The third-order valence-corrected chi connectivity index (χ3v) is 2.90. The van der Waals surface area contributed by atoms with Gasteiger partial charge in [0.1, 0.15) is 5.02 Å². The summed E-state index contributed by atoms with van der Waals surface area (Å²) in [5, 5.41) is 10.6. The molecule has 1 unspecified atom stereocenters. The fourth-order valence-electron chi connectivity index (χ4n) is 1.80. The quantitative estimate of drug-likeness (QED) is 0.637. The van der Waals surface area contributed by atoms with Crippen molar-refractivity contribution in [2.75, 3.05) is 11.4 Å². The van der Waals surface area contributed by atoms with Crippen LogP contribution in [0.1, 0.15) is 6.42 Å². The van der Waals surface area contributed by atoms with Crippen molar-refractivity contribution in [1.29, 1.82) is 0 Å². The molecule has 0 saturated carbocycles. The number of benzene rings is 1. The van der Waals surface area contributed by atoms with Crippen LogP contribution in [0, 0.1) is 10.1 Å². The molecule has 1 aliphatic rings. The van der Waals surface area contributed by atoms with E-state index < -0.39 is 4.92 Å². The molecule has 90 valence electrons. The zero-order valence-electron chi connectivity index (χ0n) is 8.80. The molecule has 1 aliphatic heterocycles. The highest BCUT2D eigenvalue weighted by molar-refractivity contribution is 6.33. The molecule has 1 aromatic carbocycles. The Morgan fingerprint density at radius 3 is 2.71 bits per heavy atom. The molecule has 0 spiro atoms. The molecule has 1 atom stereocenters. The second-order valence-corrected chi connectivity index (χ2v) is 4.27. The van der Waals surface area contributed by atoms with Crippen LogP contribution in [0.4, 0.5) is 11.4 Å². The number of nitrogens with two attached hydrogens (primary N) is 1. The zero-order valence-corrected chi connectivity index (χ0v) is 9.55. The van der Waals surface area contributed by atoms with Crippen molar-refractivity contribution in [3.63, 3.8) is 0 Å². The number of nitro benzene ring substituents is 1. The first kappa shape index (κ1) is 11.8. The molecule has 1 heterocycles. The van der Waals surface area contributed by atoms with Gasteiger partial charge in [-0.05, 0) is 12.1 Å². The summed E-state index contributed by atoms with van der Waals surface area (Å²) in [6.07, 6.45) is 0.286. The molecule has 6 nitrogen and oxygen atoms in total. The maximum atomic E-state index is 11.6. The van der Waals surface area contributed by atoms with Gasteiger partial charge in [0.2, 0.25) is 5.91 Å². The average Bonchev–Trinajstić information content (AvgIpc) is 2.57. The first-order chi connectivity index (χ1) is 7.99. The van der Waals surface area contributed by atoms with Gasteiger partial charge >= 0.3 is 0 Å². The maximum Gasteiger partial charge on any atom is 0.288 e. The largest absolute Gasteiger partial charge is 0.326 e. The van der Waals surface area contributed by atoms with E-state index >= 15 is 0 Å². The molecule has 17 heavy (non-hydrogen) atoms. The summed E-state index contributed by atoms with van der Waals surface area (Å²) in [6.45, 7) is 0.410. The molecule has 1 aromatic rings. The summed E-state index contributed by atoms with van der Waals surface area (Å²) in [5.74, 6) is -0.0950. The van der Waals surface area contributed by atoms with Crippen LogP contribution in [0.3, 0.4) is 0 Å². The van der Waals surface area contributed by atoms with Crippen LogP contribution in [-0.4, -0.2) is 23.4 Å². The normalized spacial score (nSPS) is 19.8.